The minimum atomic E-state index is -0.819. The van der Waals surface area contributed by atoms with Gasteiger partial charge in [-0.2, -0.15) is 0 Å². The maximum atomic E-state index is 12.6. The van der Waals surface area contributed by atoms with E-state index in [1.807, 2.05) is 55.5 Å². The third kappa shape index (κ3) is 3.79. The van der Waals surface area contributed by atoms with E-state index >= 15 is 0 Å². The van der Waals surface area contributed by atoms with Crippen molar-refractivity contribution in [2.24, 2.45) is 0 Å². The number of hydrogen-bond acceptors (Lipinski definition) is 3. The van der Waals surface area contributed by atoms with E-state index in [2.05, 4.69) is 0 Å². The van der Waals surface area contributed by atoms with Crippen LogP contribution in [0.25, 0.3) is 6.08 Å². The Morgan fingerprint density at radius 2 is 1.84 bits per heavy atom. The number of hydrogen-bond donors (Lipinski definition) is 0. The number of carbonyl (C=O) groups excluding carboxylic acids is 2. The lowest BCUT2D eigenvalue weighted by atomic mass is 10.1. The van der Waals surface area contributed by atoms with Crippen molar-refractivity contribution in [3.8, 4) is 0 Å². The summed E-state index contributed by atoms with van der Waals surface area (Å²) in [6, 6.07) is 15.6. The molecule has 0 aromatic heterocycles. The molecule has 0 aliphatic carbocycles. The van der Waals surface area contributed by atoms with Gasteiger partial charge in [-0.25, -0.2) is 4.79 Å². The summed E-state index contributed by atoms with van der Waals surface area (Å²) in [6.45, 7) is 4.21. The summed E-state index contributed by atoms with van der Waals surface area (Å²) in [5.41, 5.74) is 4.08. The molecule has 0 radical (unpaired) electrons. The molecule has 1 aliphatic heterocycles. The molecule has 0 spiro atoms. The molecule has 0 bridgehead atoms. The lowest BCUT2D eigenvalue weighted by molar-refractivity contribution is -0.149. The van der Waals surface area contributed by atoms with Gasteiger partial charge in [-0.15, -0.1) is 0 Å². The summed E-state index contributed by atoms with van der Waals surface area (Å²) in [5, 5.41) is 0. The van der Waals surface area contributed by atoms with Gasteiger partial charge in [0, 0.05) is 18.3 Å². The van der Waals surface area contributed by atoms with Crippen molar-refractivity contribution < 1.29 is 14.3 Å². The van der Waals surface area contributed by atoms with E-state index in [0.717, 1.165) is 28.8 Å². The number of amides is 1. The van der Waals surface area contributed by atoms with Crippen LogP contribution >= 0.6 is 0 Å². The average Bonchev–Trinajstić information content (AvgIpc) is 3.04. The second kappa shape index (κ2) is 7.34. The second-order valence-electron chi connectivity index (χ2n) is 6.14. The van der Waals surface area contributed by atoms with E-state index in [4.69, 9.17) is 4.74 Å². The van der Waals surface area contributed by atoms with Crippen molar-refractivity contribution in [3.63, 3.8) is 0 Å². The predicted molar refractivity (Wildman–Crippen MR) is 98.3 cm³/mol. The quantitative estimate of drug-likeness (QED) is 0.634. The SMILES string of the molecule is Cc1ccccc1/C=C/C(=O)O[C@H](C)C(=O)N1CCc2ccccc21. The topological polar surface area (TPSA) is 46.6 Å². The number of ether oxygens (including phenoxy) is 1. The molecule has 1 heterocycles. The van der Waals surface area contributed by atoms with Crippen LogP contribution in [0, 0.1) is 6.92 Å². The normalized spacial score (nSPS) is 14.4. The molecule has 2 aromatic rings. The van der Waals surface area contributed by atoms with Gasteiger partial charge in [0.15, 0.2) is 6.10 Å². The monoisotopic (exact) mass is 335 g/mol. The molecule has 1 amide bonds. The molecule has 2 aromatic carbocycles. The summed E-state index contributed by atoms with van der Waals surface area (Å²) in [4.78, 5) is 26.3. The van der Waals surface area contributed by atoms with Gasteiger partial charge in [-0.3, -0.25) is 4.79 Å². The Balaban J connectivity index is 1.62. The average molecular weight is 335 g/mol. The summed E-state index contributed by atoms with van der Waals surface area (Å²) < 4.78 is 5.28. The van der Waals surface area contributed by atoms with Crippen LogP contribution in [0.4, 0.5) is 5.69 Å². The largest absolute Gasteiger partial charge is 0.449 e. The summed E-state index contributed by atoms with van der Waals surface area (Å²) >= 11 is 0. The molecule has 0 saturated heterocycles. The Bertz CT molecular complexity index is 825. The molecule has 0 saturated carbocycles. The molecule has 1 atom stereocenters. The highest BCUT2D eigenvalue weighted by Crippen LogP contribution is 2.28. The molecule has 0 fully saturated rings. The minimum Gasteiger partial charge on any atom is -0.449 e. The Hall–Kier alpha value is -2.88. The summed E-state index contributed by atoms with van der Waals surface area (Å²) in [5.74, 6) is -0.709. The van der Waals surface area contributed by atoms with Gasteiger partial charge in [0.1, 0.15) is 0 Å². The van der Waals surface area contributed by atoms with Crippen molar-refractivity contribution in [3.05, 3.63) is 71.3 Å². The molecule has 4 heteroatoms. The van der Waals surface area contributed by atoms with Crippen molar-refractivity contribution in [1.82, 2.24) is 0 Å². The highest BCUT2D eigenvalue weighted by molar-refractivity contribution is 6.00. The van der Waals surface area contributed by atoms with Crippen molar-refractivity contribution >= 4 is 23.6 Å². The number of rotatable bonds is 4. The van der Waals surface area contributed by atoms with Gasteiger partial charge in [0.25, 0.3) is 5.91 Å². The number of aryl methyl sites for hydroxylation is 1. The molecule has 25 heavy (non-hydrogen) atoms. The van der Waals surface area contributed by atoms with Gasteiger partial charge < -0.3 is 9.64 Å². The minimum absolute atomic E-state index is 0.192. The van der Waals surface area contributed by atoms with E-state index in [-0.39, 0.29) is 5.91 Å². The third-order valence-corrected chi connectivity index (χ3v) is 4.38. The van der Waals surface area contributed by atoms with Gasteiger partial charge in [-0.1, -0.05) is 42.5 Å². The Kier molecular flexibility index (Phi) is 4.98. The molecular formula is C21H21NO3. The van der Waals surface area contributed by atoms with Crippen LogP contribution in [0.3, 0.4) is 0 Å². The number of benzene rings is 2. The fraction of sp³-hybridized carbons (Fsp3) is 0.238. The van der Waals surface area contributed by atoms with Gasteiger partial charge >= 0.3 is 5.97 Å². The first-order chi connectivity index (χ1) is 12.1. The molecule has 3 rings (SSSR count). The Morgan fingerprint density at radius 3 is 2.64 bits per heavy atom. The summed E-state index contributed by atoms with van der Waals surface area (Å²) in [6.07, 6.45) is 3.08. The van der Waals surface area contributed by atoms with E-state index in [1.165, 1.54) is 6.08 Å². The van der Waals surface area contributed by atoms with E-state index < -0.39 is 12.1 Å². The fourth-order valence-corrected chi connectivity index (χ4v) is 2.98. The number of esters is 1. The zero-order chi connectivity index (χ0) is 17.8. The van der Waals surface area contributed by atoms with Gasteiger partial charge in [-0.05, 0) is 49.1 Å². The zero-order valence-corrected chi connectivity index (χ0v) is 14.4. The zero-order valence-electron chi connectivity index (χ0n) is 14.4. The van der Waals surface area contributed by atoms with Crippen LogP contribution in [0.1, 0.15) is 23.6 Å². The van der Waals surface area contributed by atoms with Crippen LogP contribution in [0.15, 0.2) is 54.6 Å². The van der Waals surface area contributed by atoms with Crippen molar-refractivity contribution in [1.29, 1.82) is 0 Å². The van der Waals surface area contributed by atoms with E-state index in [0.29, 0.717) is 6.54 Å². The molecule has 0 N–H and O–H groups in total. The number of fused-ring (bicyclic) bond motifs is 1. The Morgan fingerprint density at radius 1 is 1.12 bits per heavy atom. The number of nitrogens with zero attached hydrogens (tertiary/aromatic N) is 1. The van der Waals surface area contributed by atoms with Crippen LogP contribution in [-0.4, -0.2) is 24.5 Å². The summed E-state index contributed by atoms with van der Waals surface area (Å²) in [7, 11) is 0. The second-order valence-corrected chi connectivity index (χ2v) is 6.14. The predicted octanol–water partition coefficient (Wildman–Crippen LogP) is 3.53. The van der Waals surface area contributed by atoms with Crippen LogP contribution < -0.4 is 4.90 Å². The lowest BCUT2D eigenvalue weighted by Crippen LogP contribution is -2.38. The fourth-order valence-electron chi connectivity index (χ4n) is 2.98. The number of para-hydroxylation sites is 1. The number of carbonyl (C=O) groups is 2. The first-order valence-corrected chi connectivity index (χ1v) is 8.40. The van der Waals surface area contributed by atoms with Gasteiger partial charge in [0.2, 0.25) is 0 Å². The molecule has 4 nitrogen and oxygen atoms in total. The van der Waals surface area contributed by atoms with E-state index in [1.54, 1.807) is 17.9 Å². The maximum Gasteiger partial charge on any atom is 0.331 e. The van der Waals surface area contributed by atoms with Gasteiger partial charge in [0.05, 0.1) is 0 Å². The first kappa shape index (κ1) is 17.0. The van der Waals surface area contributed by atoms with Crippen molar-refractivity contribution in [2.45, 2.75) is 26.4 Å². The highest BCUT2D eigenvalue weighted by Gasteiger charge is 2.29. The molecule has 0 unspecified atom stereocenters. The maximum absolute atomic E-state index is 12.6. The first-order valence-electron chi connectivity index (χ1n) is 8.40. The molecule has 128 valence electrons. The number of anilines is 1. The van der Waals surface area contributed by atoms with E-state index in [9.17, 15) is 9.59 Å². The van der Waals surface area contributed by atoms with Crippen LogP contribution in [0.2, 0.25) is 0 Å². The van der Waals surface area contributed by atoms with Crippen molar-refractivity contribution in [2.75, 3.05) is 11.4 Å². The lowest BCUT2D eigenvalue weighted by Gasteiger charge is -2.21. The molecule has 1 aliphatic rings. The Labute approximate surface area is 147 Å². The highest BCUT2D eigenvalue weighted by atomic mass is 16.5. The smallest absolute Gasteiger partial charge is 0.331 e. The van der Waals surface area contributed by atoms with Crippen LogP contribution in [-0.2, 0) is 20.7 Å². The van der Waals surface area contributed by atoms with Crippen LogP contribution in [0.5, 0.6) is 0 Å². The standard InChI is InChI=1S/C21H21NO3/c1-15-7-3-4-8-17(15)11-12-20(23)25-16(2)21(24)22-14-13-18-9-5-6-10-19(18)22/h3-12,16H,13-14H2,1-2H3/b12-11+/t16-/m1/s1. The third-order valence-electron chi connectivity index (χ3n) is 4.38. The molecular weight excluding hydrogens is 314 g/mol.